The van der Waals surface area contributed by atoms with Crippen LogP contribution >= 0.6 is 0 Å². The van der Waals surface area contributed by atoms with E-state index in [0.717, 1.165) is 38.9 Å². The van der Waals surface area contributed by atoms with Gasteiger partial charge in [-0.05, 0) is 61.5 Å². The van der Waals surface area contributed by atoms with Crippen molar-refractivity contribution >= 4 is 21.5 Å². The molecule has 9 rings (SSSR count). The number of nitrogens with zero attached hydrogens (tertiary/aromatic N) is 3. The molecule has 0 unspecified atom stereocenters. The van der Waals surface area contributed by atoms with Crippen molar-refractivity contribution in [3.63, 3.8) is 0 Å². The van der Waals surface area contributed by atoms with E-state index >= 15 is 0 Å². The van der Waals surface area contributed by atoms with Crippen LogP contribution in [0.5, 0.6) is 5.75 Å². The minimum Gasteiger partial charge on any atom is -0.507 e. The highest BCUT2D eigenvalue weighted by Gasteiger charge is 2.18. The quantitative estimate of drug-likeness (QED) is 0.194. The van der Waals surface area contributed by atoms with E-state index in [0.29, 0.717) is 23.0 Å². The highest BCUT2D eigenvalue weighted by atomic mass is 16.3. The molecule has 0 radical (unpaired) electrons. The molecule has 1 heterocycles. The molecule has 9 aromatic rings. The number of aromatic hydroxyl groups is 1. The first-order chi connectivity index (χ1) is 25.2. The second kappa shape index (κ2) is 12.8. The molecule has 0 saturated carbocycles. The van der Waals surface area contributed by atoms with Crippen molar-refractivity contribution in [2.45, 2.75) is 0 Å². The van der Waals surface area contributed by atoms with Gasteiger partial charge >= 0.3 is 0 Å². The van der Waals surface area contributed by atoms with E-state index in [1.165, 1.54) is 27.1 Å². The van der Waals surface area contributed by atoms with Gasteiger partial charge in [0.2, 0.25) is 0 Å². The van der Waals surface area contributed by atoms with E-state index < -0.39 is 0 Å². The molecule has 8 aromatic carbocycles. The van der Waals surface area contributed by atoms with Crippen LogP contribution in [0.1, 0.15) is 0 Å². The highest BCUT2D eigenvalue weighted by molar-refractivity contribution is 5.97. The Morgan fingerprint density at radius 3 is 1.63 bits per heavy atom. The molecule has 0 amide bonds. The summed E-state index contributed by atoms with van der Waals surface area (Å²) in [7, 11) is 0. The molecule has 0 aliphatic heterocycles. The molecule has 0 aliphatic carbocycles. The molecule has 0 fully saturated rings. The average molecular weight is 654 g/mol. The summed E-state index contributed by atoms with van der Waals surface area (Å²) in [6.07, 6.45) is 0. The second-order valence-corrected chi connectivity index (χ2v) is 12.6. The zero-order valence-corrected chi connectivity index (χ0v) is 27.6. The summed E-state index contributed by atoms with van der Waals surface area (Å²) >= 11 is 0. The van der Waals surface area contributed by atoms with Crippen LogP contribution in [0.25, 0.3) is 89.1 Å². The van der Waals surface area contributed by atoms with Crippen molar-refractivity contribution < 1.29 is 5.11 Å². The number of hydrogen-bond acceptors (Lipinski definition) is 4. The molecule has 0 bridgehead atoms. The Balaban J connectivity index is 1.13. The molecule has 0 aliphatic rings. The fourth-order valence-electron chi connectivity index (χ4n) is 6.85. The Morgan fingerprint density at radius 2 is 0.843 bits per heavy atom. The zero-order valence-electron chi connectivity index (χ0n) is 27.6. The number of benzene rings is 8. The maximum absolute atomic E-state index is 11.3. The van der Waals surface area contributed by atoms with Crippen molar-refractivity contribution in [1.29, 1.82) is 0 Å². The number of fused-ring (bicyclic) bond motifs is 2. The first-order valence-electron chi connectivity index (χ1n) is 17.0. The molecule has 1 aromatic heterocycles. The fraction of sp³-hybridized carbons (Fsp3) is 0. The number of phenols is 1. The Bertz CT molecular complexity index is 2680. The summed E-state index contributed by atoms with van der Waals surface area (Å²) in [5.74, 6) is 1.77. The molecule has 4 heteroatoms. The molecular formula is C47H31N3O. The summed E-state index contributed by atoms with van der Waals surface area (Å²) in [6.45, 7) is 0. The lowest BCUT2D eigenvalue weighted by molar-refractivity contribution is 0.477. The lowest BCUT2D eigenvalue weighted by Gasteiger charge is -2.14. The van der Waals surface area contributed by atoms with Crippen molar-refractivity contribution in [2.24, 2.45) is 0 Å². The predicted molar refractivity (Wildman–Crippen MR) is 209 cm³/mol. The topological polar surface area (TPSA) is 58.9 Å². The third-order valence-corrected chi connectivity index (χ3v) is 9.45. The normalized spacial score (nSPS) is 11.2. The van der Waals surface area contributed by atoms with E-state index in [-0.39, 0.29) is 5.75 Å². The van der Waals surface area contributed by atoms with E-state index in [2.05, 4.69) is 133 Å². The zero-order chi connectivity index (χ0) is 34.1. The van der Waals surface area contributed by atoms with Gasteiger partial charge in [-0.3, -0.25) is 0 Å². The smallest absolute Gasteiger partial charge is 0.164 e. The van der Waals surface area contributed by atoms with Crippen LogP contribution in [0.4, 0.5) is 0 Å². The van der Waals surface area contributed by atoms with Gasteiger partial charge in [-0.25, -0.2) is 15.0 Å². The van der Waals surface area contributed by atoms with Gasteiger partial charge in [0.05, 0.1) is 0 Å². The number of rotatable bonds is 6. The minimum absolute atomic E-state index is 0.161. The number of hydrogen-bond donors (Lipinski definition) is 1. The van der Waals surface area contributed by atoms with E-state index in [4.69, 9.17) is 15.0 Å². The monoisotopic (exact) mass is 653 g/mol. The predicted octanol–water partition coefficient (Wildman–Crippen LogP) is 11.9. The van der Waals surface area contributed by atoms with Crippen LogP contribution in [-0.4, -0.2) is 20.1 Å². The first-order valence-corrected chi connectivity index (χ1v) is 17.0. The van der Waals surface area contributed by atoms with Crippen molar-refractivity contribution in [3.05, 3.63) is 182 Å². The Labute approximate surface area is 296 Å². The van der Waals surface area contributed by atoms with Crippen LogP contribution in [-0.2, 0) is 0 Å². The van der Waals surface area contributed by atoms with Crippen LogP contribution in [0.3, 0.4) is 0 Å². The summed E-state index contributed by atoms with van der Waals surface area (Å²) < 4.78 is 0. The fourth-order valence-corrected chi connectivity index (χ4v) is 6.85. The molecule has 0 saturated heterocycles. The first kappa shape index (κ1) is 30.2. The largest absolute Gasteiger partial charge is 0.507 e. The van der Waals surface area contributed by atoms with E-state index in [9.17, 15) is 5.11 Å². The molecule has 0 atom stereocenters. The minimum atomic E-state index is 0.161. The van der Waals surface area contributed by atoms with Crippen LogP contribution in [0.2, 0.25) is 0 Å². The Hall–Kier alpha value is -6.91. The summed E-state index contributed by atoms with van der Waals surface area (Å²) in [4.78, 5) is 15.0. The molecular weight excluding hydrogens is 623 g/mol. The van der Waals surface area contributed by atoms with Crippen molar-refractivity contribution in [2.75, 3.05) is 0 Å². The maximum atomic E-state index is 11.3. The van der Waals surface area contributed by atoms with Crippen molar-refractivity contribution in [3.8, 4) is 73.3 Å². The standard InChI is InChI=1S/C47H31N3O/c51-43-19-9-18-42(44(43)35-25-23-34(24-26-35)41-17-8-15-33-11-6-7-16-40(33)41)47-49-45(36-12-2-1-3-13-36)48-46(50-47)37-27-20-32(21-28-37)39-29-22-31-10-4-5-14-38(31)30-39/h1-30,51H. The van der Waals surface area contributed by atoms with Crippen LogP contribution in [0.15, 0.2) is 182 Å². The van der Waals surface area contributed by atoms with E-state index in [1.54, 1.807) is 6.07 Å². The second-order valence-electron chi connectivity index (χ2n) is 12.6. The van der Waals surface area contributed by atoms with Gasteiger partial charge in [-0.2, -0.15) is 0 Å². The third kappa shape index (κ3) is 5.79. The number of aromatic nitrogens is 3. The number of phenolic OH excluding ortho intramolecular Hbond substituents is 1. The van der Waals surface area contributed by atoms with Gasteiger partial charge in [-0.15, -0.1) is 0 Å². The SMILES string of the molecule is Oc1cccc(-c2nc(-c3ccccc3)nc(-c3ccc(-c4ccc5ccccc5c4)cc3)n2)c1-c1ccc(-c2cccc3ccccc23)cc1. The molecule has 1 N–H and O–H groups in total. The van der Waals surface area contributed by atoms with E-state index in [1.807, 2.05) is 42.5 Å². The average Bonchev–Trinajstić information content (AvgIpc) is 3.20. The van der Waals surface area contributed by atoms with Gasteiger partial charge in [-0.1, -0.05) is 170 Å². The molecule has 240 valence electrons. The van der Waals surface area contributed by atoms with Crippen molar-refractivity contribution in [1.82, 2.24) is 15.0 Å². The summed E-state index contributed by atoms with van der Waals surface area (Å²) in [5, 5.41) is 16.2. The van der Waals surface area contributed by atoms with Gasteiger partial charge in [0.15, 0.2) is 17.5 Å². The lowest BCUT2D eigenvalue weighted by Crippen LogP contribution is -2.01. The molecule has 4 nitrogen and oxygen atoms in total. The van der Waals surface area contributed by atoms with Gasteiger partial charge in [0.25, 0.3) is 0 Å². The van der Waals surface area contributed by atoms with Gasteiger partial charge in [0.1, 0.15) is 5.75 Å². The summed E-state index contributed by atoms with van der Waals surface area (Å²) in [5.41, 5.74) is 8.56. The highest BCUT2D eigenvalue weighted by Crippen LogP contribution is 2.40. The molecule has 0 spiro atoms. The molecule has 51 heavy (non-hydrogen) atoms. The van der Waals surface area contributed by atoms with Crippen LogP contribution in [0, 0.1) is 0 Å². The third-order valence-electron chi connectivity index (χ3n) is 9.45. The van der Waals surface area contributed by atoms with Gasteiger partial charge in [0, 0.05) is 22.3 Å². The van der Waals surface area contributed by atoms with Gasteiger partial charge < -0.3 is 5.11 Å². The maximum Gasteiger partial charge on any atom is 0.164 e. The Morgan fingerprint density at radius 1 is 0.314 bits per heavy atom. The van der Waals surface area contributed by atoms with Crippen LogP contribution < -0.4 is 0 Å². The Kier molecular flexibility index (Phi) is 7.60. The summed E-state index contributed by atoms with van der Waals surface area (Å²) in [6, 6.07) is 61.9. The lowest BCUT2D eigenvalue weighted by atomic mass is 9.94.